The predicted octanol–water partition coefficient (Wildman–Crippen LogP) is 4.85. The molecule has 0 bridgehead atoms. The minimum absolute atomic E-state index is 0.0243. The third kappa shape index (κ3) is 3.74. The van der Waals surface area contributed by atoms with E-state index in [4.69, 9.17) is 9.47 Å². The molecule has 0 aliphatic heterocycles. The van der Waals surface area contributed by atoms with Crippen LogP contribution >= 0.6 is 0 Å². The fourth-order valence-corrected chi connectivity index (χ4v) is 2.95. The number of rotatable bonds is 7. The molecule has 2 aromatic carbocycles. The van der Waals surface area contributed by atoms with Crippen molar-refractivity contribution in [3.05, 3.63) is 53.7 Å². The van der Waals surface area contributed by atoms with Crippen molar-refractivity contribution >= 4 is 28.1 Å². The monoisotopic (exact) mass is 375 g/mol. The summed E-state index contributed by atoms with van der Waals surface area (Å²) >= 11 is 0. The fraction of sp³-hybridized carbons (Fsp3) is 0.227. The number of hydrogen-bond acceptors (Lipinski definition) is 6. The summed E-state index contributed by atoms with van der Waals surface area (Å²) in [6.45, 7) is 6.28. The number of carbonyl (C=O) groups is 1. The second-order valence-electron chi connectivity index (χ2n) is 6.08. The fourth-order valence-electron chi connectivity index (χ4n) is 2.95. The van der Waals surface area contributed by atoms with Gasteiger partial charge in [0, 0.05) is 22.8 Å². The van der Waals surface area contributed by atoms with E-state index in [-0.39, 0.29) is 5.78 Å². The van der Waals surface area contributed by atoms with Crippen molar-refractivity contribution in [3.8, 4) is 17.6 Å². The number of aromatic nitrogens is 1. The molecule has 0 unspecified atom stereocenters. The van der Waals surface area contributed by atoms with Crippen LogP contribution in [0, 0.1) is 11.3 Å². The van der Waals surface area contributed by atoms with Crippen LogP contribution in [0.1, 0.15) is 36.7 Å². The highest BCUT2D eigenvalue weighted by Crippen LogP contribution is 2.39. The Kier molecular flexibility index (Phi) is 5.75. The first kappa shape index (κ1) is 19.2. The molecule has 0 aliphatic rings. The smallest absolute Gasteiger partial charge is 0.187 e. The third-order valence-electron chi connectivity index (χ3n) is 4.20. The summed E-state index contributed by atoms with van der Waals surface area (Å²) in [5.41, 5.74) is 2.92. The molecule has 1 heterocycles. The molecule has 0 atom stereocenters. The van der Waals surface area contributed by atoms with Gasteiger partial charge in [-0.2, -0.15) is 5.26 Å². The molecule has 0 fully saturated rings. The lowest BCUT2D eigenvalue weighted by Crippen LogP contribution is -2.02. The van der Waals surface area contributed by atoms with Gasteiger partial charge in [0.25, 0.3) is 0 Å². The molecular weight excluding hydrogens is 354 g/mol. The average molecular weight is 375 g/mol. The maximum atomic E-state index is 11.7. The van der Waals surface area contributed by atoms with E-state index in [9.17, 15) is 10.1 Å². The number of ketones is 1. The quantitative estimate of drug-likeness (QED) is 0.594. The molecule has 142 valence electrons. The van der Waals surface area contributed by atoms with Crippen molar-refractivity contribution in [2.45, 2.75) is 20.8 Å². The van der Waals surface area contributed by atoms with E-state index in [2.05, 4.69) is 16.4 Å². The third-order valence-corrected chi connectivity index (χ3v) is 4.20. The van der Waals surface area contributed by atoms with Crippen LogP contribution in [0.3, 0.4) is 0 Å². The number of anilines is 2. The second kappa shape index (κ2) is 8.40. The van der Waals surface area contributed by atoms with Gasteiger partial charge in [-0.1, -0.05) is 12.1 Å². The van der Waals surface area contributed by atoms with Crippen LogP contribution in [0.15, 0.2) is 42.6 Å². The van der Waals surface area contributed by atoms with Crippen LogP contribution in [0.2, 0.25) is 0 Å². The van der Waals surface area contributed by atoms with Gasteiger partial charge in [0.1, 0.15) is 11.6 Å². The number of nitrogens with zero attached hydrogens (tertiary/aromatic N) is 2. The Balaban J connectivity index is 2.18. The van der Waals surface area contributed by atoms with Gasteiger partial charge in [-0.25, -0.2) is 0 Å². The number of benzene rings is 2. The maximum Gasteiger partial charge on any atom is 0.187 e. The highest BCUT2D eigenvalue weighted by atomic mass is 16.5. The number of ether oxygens (including phenoxy) is 2. The van der Waals surface area contributed by atoms with E-state index < -0.39 is 0 Å². The van der Waals surface area contributed by atoms with Crippen LogP contribution in [0.5, 0.6) is 11.5 Å². The van der Waals surface area contributed by atoms with Gasteiger partial charge in [0.05, 0.1) is 24.5 Å². The molecule has 0 amide bonds. The Hall–Kier alpha value is -3.59. The number of fused-ring (bicyclic) bond motifs is 1. The van der Waals surface area contributed by atoms with Crippen molar-refractivity contribution in [1.29, 1.82) is 5.26 Å². The SMILES string of the molecule is CCOc1ccc2c(Nc3cccc(C(C)=O)c3)c(C#N)cnc2c1OCC. The highest BCUT2D eigenvalue weighted by Gasteiger charge is 2.17. The summed E-state index contributed by atoms with van der Waals surface area (Å²) in [7, 11) is 0. The van der Waals surface area contributed by atoms with E-state index in [0.717, 1.165) is 5.39 Å². The zero-order chi connectivity index (χ0) is 20.1. The molecule has 0 saturated heterocycles. The molecule has 0 aliphatic carbocycles. The molecule has 1 N–H and O–H groups in total. The summed E-state index contributed by atoms with van der Waals surface area (Å²) in [4.78, 5) is 16.1. The predicted molar refractivity (Wildman–Crippen MR) is 109 cm³/mol. The van der Waals surface area contributed by atoms with E-state index >= 15 is 0 Å². The van der Waals surface area contributed by atoms with Crippen molar-refractivity contribution in [2.24, 2.45) is 0 Å². The van der Waals surface area contributed by atoms with E-state index in [1.54, 1.807) is 18.2 Å². The zero-order valence-corrected chi connectivity index (χ0v) is 16.1. The Labute approximate surface area is 163 Å². The van der Waals surface area contributed by atoms with Crippen molar-refractivity contribution in [3.63, 3.8) is 0 Å². The first-order valence-corrected chi connectivity index (χ1v) is 9.08. The van der Waals surface area contributed by atoms with Gasteiger partial charge in [0.15, 0.2) is 17.3 Å². The number of hydrogen-bond donors (Lipinski definition) is 1. The number of pyridine rings is 1. The lowest BCUT2D eigenvalue weighted by Gasteiger charge is -2.16. The van der Waals surface area contributed by atoms with Crippen LogP contribution in [0.25, 0.3) is 10.9 Å². The molecule has 3 aromatic rings. The number of carbonyl (C=O) groups excluding carboxylic acids is 1. The summed E-state index contributed by atoms with van der Waals surface area (Å²) in [5, 5.41) is 13.6. The molecule has 28 heavy (non-hydrogen) atoms. The van der Waals surface area contributed by atoms with Gasteiger partial charge in [-0.05, 0) is 45.0 Å². The summed E-state index contributed by atoms with van der Waals surface area (Å²) in [5.74, 6) is 1.13. The molecule has 6 heteroatoms. The van der Waals surface area contributed by atoms with Crippen molar-refractivity contribution in [1.82, 2.24) is 4.98 Å². The minimum atomic E-state index is -0.0243. The van der Waals surface area contributed by atoms with Gasteiger partial charge in [-0.15, -0.1) is 0 Å². The molecule has 0 saturated carbocycles. The molecular formula is C22H21N3O3. The van der Waals surface area contributed by atoms with Crippen molar-refractivity contribution < 1.29 is 14.3 Å². The molecule has 0 radical (unpaired) electrons. The Bertz CT molecular complexity index is 1070. The van der Waals surface area contributed by atoms with E-state index in [1.807, 2.05) is 32.0 Å². The summed E-state index contributed by atoms with van der Waals surface area (Å²) in [6.07, 6.45) is 1.51. The summed E-state index contributed by atoms with van der Waals surface area (Å²) in [6, 6.07) is 13.0. The minimum Gasteiger partial charge on any atom is -0.490 e. The van der Waals surface area contributed by atoms with Gasteiger partial charge < -0.3 is 14.8 Å². The average Bonchev–Trinajstić information content (AvgIpc) is 2.70. The van der Waals surface area contributed by atoms with Crippen LogP contribution in [-0.4, -0.2) is 24.0 Å². The first-order valence-electron chi connectivity index (χ1n) is 9.08. The molecule has 0 spiro atoms. The second-order valence-corrected chi connectivity index (χ2v) is 6.08. The topological polar surface area (TPSA) is 84.2 Å². The molecule has 6 nitrogen and oxygen atoms in total. The van der Waals surface area contributed by atoms with Gasteiger partial charge in [0.2, 0.25) is 0 Å². The largest absolute Gasteiger partial charge is 0.490 e. The zero-order valence-electron chi connectivity index (χ0n) is 16.1. The highest BCUT2D eigenvalue weighted by molar-refractivity contribution is 6.00. The maximum absolute atomic E-state index is 11.7. The van der Waals surface area contributed by atoms with Crippen LogP contribution < -0.4 is 14.8 Å². The lowest BCUT2D eigenvalue weighted by molar-refractivity contribution is 0.101. The van der Waals surface area contributed by atoms with Gasteiger partial charge >= 0.3 is 0 Å². The Morgan fingerprint density at radius 2 is 1.96 bits per heavy atom. The summed E-state index contributed by atoms with van der Waals surface area (Å²) < 4.78 is 11.5. The Morgan fingerprint density at radius 1 is 1.18 bits per heavy atom. The molecule has 1 aromatic heterocycles. The number of Topliss-reactive ketones (excluding diaryl/α,β-unsaturated/α-hetero) is 1. The Morgan fingerprint density at radius 3 is 2.64 bits per heavy atom. The van der Waals surface area contributed by atoms with Crippen LogP contribution in [0.4, 0.5) is 11.4 Å². The number of nitriles is 1. The van der Waals surface area contributed by atoms with Gasteiger partial charge in [-0.3, -0.25) is 9.78 Å². The van der Waals surface area contributed by atoms with E-state index in [1.165, 1.54) is 13.1 Å². The lowest BCUT2D eigenvalue weighted by atomic mass is 10.1. The first-order chi connectivity index (χ1) is 13.6. The molecule has 3 rings (SSSR count). The number of nitrogens with one attached hydrogen (secondary N) is 1. The van der Waals surface area contributed by atoms with E-state index in [0.29, 0.717) is 52.7 Å². The normalized spacial score (nSPS) is 10.4. The van der Waals surface area contributed by atoms with Crippen molar-refractivity contribution in [2.75, 3.05) is 18.5 Å². The van der Waals surface area contributed by atoms with Crippen LogP contribution in [-0.2, 0) is 0 Å². The standard InChI is InChI=1S/C22H21N3O3/c1-4-27-19-10-9-18-20(25-17-8-6-7-15(11-17)14(3)26)16(12-23)13-24-21(18)22(19)28-5-2/h6-11,13H,4-5H2,1-3H3,(H,24,25).